The standard InChI is InChI=1S/C15H21NO4S/c1-11-12(14(17)18)7-6-8-13(11)21(19,20)16-15(2)9-4-3-5-10-15/h6-8,16H,3-5,9-10H2,1-2H3,(H,17,18). The molecule has 2 rings (SSSR count). The van der Waals surface area contributed by atoms with Crippen LogP contribution in [0.3, 0.4) is 0 Å². The highest BCUT2D eigenvalue weighted by atomic mass is 32.2. The third-order valence-corrected chi connectivity index (χ3v) is 5.92. The summed E-state index contributed by atoms with van der Waals surface area (Å²) in [7, 11) is -3.72. The van der Waals surface area contributed by atoms with Crippen LogP contribution in [-0.2, 0) is 10.0 Å². The van der Waals surface area contributed by atoms with Gasteiger partial charge in [0.1, 0.15) is 0 Å². The lowest BCUT2D eigenvalue weighted by Gasteiger charge is -2.34. The van der Waals surface area contributed by atoms with Crippen molar-refractivity contribution in [3.63, 3.8) is 0 Å². The highest BCUT2D eigenvalue weighted by molar-refractivity contribution is 7.89. The predicted molar refractivity (Wildman–Crippen MR) is 79.9 cm³/mol. The summed E-state index contributed by atoms with van der Waals surface area (Å²) < 4.78 is 28.0. The molecule has 5 nitrogen and oxygen atoms in total. The summed E-state index contributed by atoms with van der Waals surface area (Å²) in [5, 5.41) is 9.11. The van der Waals surface area contributed by atoms with Gasteiger partial charge in [-0.25, -0.2) is 17.9 Å². The molecular formula is C15H21NO4S. The Labute approximate surface area is 125 Å². The van der Waals surface area contributed by atoms with E-state index in [0.29, 0.717) is 0 Å². The average molecular weight is 311 g/mol. The van der Waals surface area contributed by atoms with Crippen LogP contribution in [0.1, 0.15) is 54.9 Å². The number of rotatable bonds is 4. The molecule has 6 heteroatoms. The topological polar surface area (TPSA) is 83.5 Å². The third kappa shape index (κ3) is 3.44. The van der Waals surface area contributed by atoms with Crippen LogP contribution in [0, 0.1) is 6.92 Å². The molecule has 1 fully saturated rings. The number of hydrogen-bond acceptors (Lipinski definition) is 3. The molecule has 2 N–H and O–H groups in total. The van der Waals surface area contributed by atoms with Gasteiger partial charge in [0.25, 0.3) is 0 Å². The molecule has 0 atom stereocenters. The Hall–Kier alpha value is -1.40. The first-order valence-corrected chi connectivity index (χ1v) is 8.60. The van der Waals surface area contributed by atoms with E-state index in [4.69, 9.17) is 5.11 Å². The summed E-state index contributed by atoms with van der Waals surface area (Å²) in [4.78, 5) is 11.2. The minimum atomic E-state index is -3.72. The van der Waals surface area contributed by atoms with E-state index in [0.717, 1.165) is 32.1 Å². The molecule has 0 amide bonds. The van der Waals surface area contributed by atoms with Crippen LogP contribution in [0.5, 0.6) is 0 Å². The van der Waals surface area contributed by atoms with Crippen LogP contribution < -0.4 is 4.72 Å². The number of benzene rings is 1. The molecule has 21 heavy (non-hydrogen) atoms. The van der Waals surface area contributed by atoms with Crippen molar-refractivity contribution in [3.05, 3.63) is 29.3 Å². The Kier molecular flexibility index (Phi) is 4.39. The van der Waals surface area contributed by atoms with Crippen molar-refractivity contribution in [3.8, 4) is 0 Å². The summed E-state index contributed by atoms with van der Waals surface area (Å²) in [6.45, 7) is 3.45. The molecule has 0 unspecified atom stereocenters. The van der Waals surface area contributed by atoms with Crippen LogP contribution in [0.25, 0.3) is 0 Å². The molecule has 0 aliphatic heterocycles. The first-order valence-electron chi connectivity index (χ1n) is 7.12. The van der Waals surface area contributed by atoms with E-state index in [-0.39, 0.29) is 16.0 Å². The molecule has 1 saturated carbocycles. The fourth-order valence-electron chi connectivity index (χ4n) is 2.95. The average Bonchev–Trinajstić information content (AvgIpc) is 2.37. The monoisotopic (exact) mass is 311 g/mol. The summed E-state index contributed by atoms with van der Waals surface area (Å²) in [5.41, 5.74) is -0.147. The van der Waals surface area contributed by atoms with E-state index < -0.39 is 21.5 Å². The molecule has 0 radical (unpaired) electrons. The van der Waals surface area contributed by atoms with Crippen molar-refractivity contribution in [1.29, 1.82) is 0 Å². The fraction of sp³-hybridized carbons (Fsp3) is 0.533. The second-order valence-corrected chi connectivity index (χ2v) is 7.61. The predicted octanol–water partition coefficient (Wildman–Crippen LogP) is 2.69. The second-order valence-electron chi connectivity index (χ2n) is 5.96. The normalized spacial score (nSPS) is 18.4. The Morgan fingerprint density at radius 3 is 2.43 bits per heavy atom. The maximum atomic E-state index is 12.6. The van der Waals surface area contributed by atoms with Crippen LogP contribution in [-0.4, -0.2) is 25.0 Å². The van der Waals surface area contributed by atoms with Gasteiger partial charge in [0.15, 0.2) is 0 Å². The number of nitrogens with one attached hydrogen (secondary N) is 1. The zero-order valence-corrected chi connectivity index (χ0v) is 13.2. The number of carboxylic acids is 1. The van der Waals surface area contributed by atoms with Crippen LogP contribution >= 0.6 is 0 Å². The molecule has 0 heterocycles. The van der Waals surface area contributed by atoms with Gasteiger partial charge in [0.05, 0.1) is 10.5 Å². The minimum absolute atomic E-state index is 0.0201. The van der Waals surface area contributed by atoms with Gasteiger partial charge in [-0.2, -0.15) is 0 Å². The first kappa shape index (κ1) is 16.0. The minimum Gasteiger partial charge on any atom is -0.478 e. The largest absolute Gasteiger partial charge is 0.478 e. The van der Waals surface area contributed by atoms with Gasteiger partial charge >= 0.3 is 5.97 Å². The molecule has 1 aliphatic rings. The number of hydrogen-bond donors (Lipinski definition) is 2. The summed E-state index contributed by atoms with van der Waals surface area (Å²) in [5.74, 6) is -1.12. The molecule has 116 valence electrons. The van der Waals surface area contributed by atoms with E-state index in [9.17, 15) is 13.2 Å². The van der Waals surface area contributed by atoms with E-state index >= 15 is 0 Å². The number of carboxylic acid groups (broad SMARTS) is 1. The highest BCUT2D eigenvalue weighted by Gasteiger charge is 2.33. The summed E-state index contributed by atoms with van der Waals surface area (Å²) >= 11 is 0. The first-order chi connectivity index (χ1) is 9.75. The molecule has 1 aromatic rings. The molecule has 0 saturated heterocycles. The maximum Gasteiger partial charge on any atom is 0.335 e. The van der Waals surface area contributed by atoms with Crippen LogP contribution in [0.4, 0.5) is 0 Å². The molecule has 1 aromatic carbocycles. The van der Waals surface area contributed by atoms with Gasteiger partial charge in [0, 0.05) is 5.54 Å². The SMILES string of the molecule is Cc1c(C(=O)O)cccc1S(=O)(=O)NC1(C)CCCCC1. The maximum absolute atomic E-state index is 12.6. The number of carbonyl (C=O) groups is 1. The molecule has 0 spiro atoms. The van der Waals surface area contributed by atoms with Gasteiger partial charge in [-0.1, -0.05) is 25.3 Å². The Morgan fingerprint density at radius 1 is 1.24 bits per heavy atom. The van der Waals surface area contributed by atoms with Crippen molar-refractivity contribution in [2.75, 3.05) is 0 Å². The van der Waals surface area contributed by atoms with Crippen LogP contribution in [0.2, 0.25) is 0 Å². The number of aromatic carboxylic acids is 1. The van der Waals surface area contributed by atoms with Crippen molar-refractivity contribution in [2.24, 2.45) is 0 Å². The van der Waals surface area contributed by atoms with Crippen molar-refractivity contribution < 1.29 is 18.3 Å². The molecular weight excluding hydrogens is 290 g/mol. The second kappa shape index (κ2) is 5.77. The van der Waals surface area contributed by atoms with E-state index in [1.54, 1.807) is 0 Å². The molecule has 0 bridgehead atoms. The summed E-state index contributed by atoms with van der Waals surface area (Å²) in [6, 6.07) is 4.34. The van der Waals surface area contributed by atoms with E-state index in [2.05, 4.69) is 4.72 Å². The molecule has 1 aliphatic carbocycles. The zero-order chi connectivity index (χ0) is 15.7. The Balaban J connectivity index is 2.36. The lowest BCUT2D eigenvalue weighted by Crippen LogP contribution is -2.47. The smallest absolute Gasteiger partial charge is 0.335 e. The fourth-order valence-corrected chi connectivity index (χ4v) is 4.68. The van der Waals surface area contributed by atoms with E-state index in [1.165, 1.54) is 25.1 Å². The quantitative estimate of drug-likeness (QED) is 0.895. The highest BCUT2D eigenvalue weighted by Crippen LogP contribution is 2.30. The lowest BCUT2D eigenvalue weighted by molar-refractivity contribution is 0.0696. The lowest BCUT2D eigenvalue weighted by atomic mass is 9.84. The van der Waals surface area contributed by atoms with Gasteiger partial charge in [-0.15, -0.1) is 0 Å². The zero-order valence-electron chi connectivity index (χ0n) is 12.3. The number of sulfonamides is 1. The van der Waals surface area contributed by atoms with Gasteiger partial charge in [-0.3, -0.25) is 0 Å². The van der Waals surface area contributed by atoms with Crippen molar-refractivity contribution >= 4 is 16.0 Å². The van der Waals surface area contributed by atoms with E-state index in [1.807, 2.05) is 6.92 Å². The van der Waals surface area contributed by atoms with Gasteiger partial charge < -0.3 is 5.11 Å². The Morgan fingerprint density at radius 2 is 1.86 bits per heavy atom. The van der Waals surface area contributed by atoms with Crippen LogP contribution in [0.15, 0.2) is 23.1 Å². The van der Waals surface area contributed by atoms with Gasteiger partial charge in [0.2, 0.25) is 10.0 Å². The van der Waals surface area contributed by atoms with Crippen molar-refractivity contribution in [2.45, 2.75) is 56.4 Å². The Bertz CT molecular complexity index is 646. The molecule has 0 aromatic heterocycles. The third-order valence-electron chi connectivity index (χ3n) is 4.14. The summed E-state index contributed by atoms with van der Waals surface area (Å²) in [6.07, 6.45) is 4.76. The van der Waals surface area contributed by atoms with Crippen molar-refractivity contribution in [1.82, 2.24) is 4.72 Å². The van der Waals surface area contributed by atoms with Gasteiger partial charge in [-0.05, 0) is 44.4 Å².